The smallest absolute Gasteiger partial charge is 0.294 e. The summed E-state index contributed by atoms with van der Waals surface area (Å²) in [5.74, 6) is -0.123. The molecular formula is C22H13BrClN5O3. The van der Waals surface area contributed by atoms with E-state index in [1.54, 1.807) is 31.2 Å². The van der Waals surface area contributed by atoms with Gasteiger partial charge in [0.1, 0.15) is 22.6 Å². The van der Waals surface area contributed by atoms with Gasteiger partial charge < -0.3 is 14.7 Å². The highest BCUT2D eigenvalue weighted by Gasteiger charge is 2.16. The lowest BCUT2D eigenvalue weighted by Crippen LogP contribution is -2.14. The lowest BCUT2D eigenvalue weighted by molar-refractivity contribution is 0.102. The number of benzene rings is 2. The van der Waals surface area contributed by atoms with Crippen molar-refractivity contribution < 1.29 is 9.21 Å². The van der Waals surface area contributed by atoms with E-state index in [2.05, 4.69) is 41.2 Å². The Morgan fingerprint density at radius 3 is 2.75 bits per heavy atom. The molecule has 3 aromatic heterocycles. The maximum atomic E-state index is 12.6. The normalized spacial score (nSPS) is 11.2. The molecule has 0 unspecified atom stereocenters. The van der Waals surface area contributed by atoms with Crippen molar-refractivity contribution in [2.75, 3.05) is 5.32 Å². The summed E-state index contributed by atoms with van der Waals surface area (Å²) in [6.45, 7) is 1.79. The molecular weight excluding hydrogens is 498 g/mol. The molecule has 0 spiro atoms. The van der Waals surface area contributed by atoms with Crippen molar-refractivity contribution in [2.45, 2.75) is 6.92 Å². The van der Waals surface area contributed by atoms with Crippen LogP contribution in [0.2, 0.25) is 5.02 Å². The summed E-state index contributed by atoms with van der Waals surface area (Å²) >= 11 is 9.89. The monoisotopic (exact) mass is 509 g/mol. The van der Waals surface area contributed by atoms with Gasteiger partial charge in [0.25, 0.3) is 11.5 Å². The molecule has 10 heteroatoms. The number of aromatic amines is 1. The first-order valence-electron chi connectivity index (χ1n) is 9.41. The average Bonchev–Trinajstić information content (AvgIpc) is 3.13. The minimum atomic E-state index is -0.413. The Balaban J connectivity index is 1.51. The summed E-state index contributed by atoms with van der Waals surface area (Å²) in [4.78, 5) is 40.4. The standard InChI is InChI=1S/C22H13BrClN5O3/c1-10-8-26-16(9-25-10)21(30)27-12-3-4-13(15(24)7-12)20-28-18-14-6-11(23)2-5-17(14)32-19(18)22(31)29-20/h2-9H,1H3,(H,27,30)(H,28,29,31). The van der Waals surface area contributed by atoms with Crippen molar-refractivity contribution in [3.8, 4) is 11.4 Å². The third-order valence-corrected chi connectivity index (χ3v) is 5.59. The summed E-state index contributed by atoms with van der Waals surface area (Å²) < 4.78 is 6.49. The highest BCUT2D eigenvalue weighted by atomic mass is 79.9. The fourth-order valence-corrected chi connectivity index (χ4v) is 3.87. The SMILES string of the molecule is Cc1cnc(C(=O)Nc2ccc(-c3nc4c(oc5ccc(Br)cc54)c(=O)[nH]3)c(Cl)c2)cn1. The third-order valence-electron chi connectivity index (χ3n) is 4.78. The van der Waals surface area contributed by atoms with Crippen molar-refractivity contribution in [3.63, 3.8) is 0 Å². The quantitative estimate of drug-likeness (QED) is 0.349. The molecule has 0 saturated carbocycles. The number of aryl methyl sites for hydroxylation is 1. The number of nitrogens with one attached hydrogen (secondary N) is 2. The second-order valence-corrected chi connectivity index (χ2v) is 8.35. The fourth-order valence-electron chi connectivity index (χ4n) is 3.24. The van der Waals surface area contributed by atoms with Crippen LogP contribution in [0.4, 0.5) is 5.69 Å². The zero-order valence-corrected chi connectivity index (χ0v) is 18.8. The second-order valence-electron chi connectivity index (χ2n) is 7.03. The van der Waals surface area contributed by atoms with E-state index in [0.29, 0.717) is 38.5 Å². The lowest BCUT2D eigenvalue weighted by Gasteiger charge is -2.08. The number of hydrogen-bond acceptors (Lipinski definition) is 6. The molecule has 5 rings (SSSR count). The summed E-state index contributed by atoms with van der Waals surface area (Å²) in [5.41, 5.74) is 2.59. The van der Waals surface area contributed by atoms with Crippen LogP contribution in [0.15, 0.2) is 62.5 Å². The van der Waals surface area contributed by atoms with E-state index in [-0.39, 0.29) is 17.1 Å². The number of furan rings is 1. The van der Waals surface area contributed by atoms with E-state index in [9.17, 15) is 9.59 Å². The first-order chi connectivity index (χ1) is 15.4. The first-order valence-corrected chi connectivity index (χ1v) is 10.6. The van der Waals surface area contributed by atoms with Crippen LogP contribution in [0.3, 0.4) is 0 Å². The molecule has 5 aromatic rings. The van der Waals surface area contributed by atoms with Gasteiger partial charge >= 0.3 is 0 Å². The third kappa shape index (κ3) is 3.65. The van der Waals surface area contributed by atoms with Crippen molar-refractivity contribution in [1.82, 2.24) is 19.9 Å². The van der Waals surface area contributed by atoms with Crippen LogP contribution in [0, 0.1) is 6.92 Å². The van der Waals surface area contributed by atoms with Crippen LogP contribution >= 0.6 is 27.5 Å². The number of rotatable bonds is 3. The van der Waals surface area contributed by atoms with Crippen molar-refractivity contribution in [2.24, 2.45) is 0 Å². The highest BCUT2D eigenvalue weighted by Crippen LogP contribution is 2.32. The van der Waals surface area contributed by atoms with Gasteiger partial charge in [0.15, 0.2) is 0 Å². The maximum absolute atomic E-state index is 12.6. The number of H-pyrrole nitrogens is 1. The summed E-state index contributed by atoms with van der Waals surface area (Å²) in [6, 6.07) is 10.3. The van der Waals surface area contributed by atoms with Crippen molar-refractivity contribution in [1.29, 1.82) is 0 Å². The molecule has 0 aliphatic heterocycles. The second kappa shape index (κ2) is 7.85. The Kier molecular flexibility index (Phi) is 4.99. The van der Waals surface area contributed by atoms with Crippen molar-refractivity contribution >= 4 is 61.2 Å². The summed E-state index contributed by atoms with van der Waals surface area (Å²) in [6.07, 6.45) is 2.92. The molecule has 0 atom stereocenters. The Bertz CT molecular complexity index is 1580. The van der Waals surface area contributed by atoms with Gasteiger partial charge in [-0.15, -0.1) is 0 Å². The van der Waals surface area contributed by atoms with E-state index >= 15 is 0 Å². The molecule has 8 nitrogen and oxygen atoms in total. The number of nitrogens with zero attached hydrogens (tertiary/aromatic N) is 3. The lowest BCUT2D eigenvalue weighted by atomic mass is 10.1. The van der Waals surface area contributed by atoms with Crippen LogP contribution in [-0.2, 0) is 0 Å². The van der Waals surface area contributed by atoms with Gasteiger partial charge in [-0.05, 0) is 43.3 Å². The molecule has 0 fully saturated rings. The molecule has 2 N–H and O–H groups in total. The van der Waals surface area contributed by atoms with Crippen LogP contribution in [0.5, 0.6) is 0 Å². The highest BCUT2D eigenvalue weighted by molar-refractivity contribution is 9.10. The largest absolute Gasteiger partial charge is 0.449 e. The van der Waals surface area contributed by atoms with E-state index in [1.807, 2.05) is 12.1 Å². The molecule has 3 heterocycles. The van der Waals surface area contributed by atoms with Gasteiger partial charge in [0.05, 0.1) is 16.9 Å². The fraction of sp³-hybridized carbons (Fsp3) is 0.0455. The van der Waals surface area contributed by atoms with Crippen molar-refractivity contribution in [3.05, 3.63) is 80.0 Å². The number of fused-ring (bicyclic) bond motifs is 3. The predicted octanol–water partition coefficient (Wildman–Crippen LogP) is 5.10. The first kappa shape index (κ1) is 20.3. The minimum Gasteiger partial charge on any atom is -0.449 e. The average molecular weight is 511 g/mol. The summed E-state index contributed by atoms with van der Waals surface area (Å²) in [7, 11) is 0. The molecule has 32 heavy (non-hydrogen) atoms. The van der Waals surface area contributed by atoms with E-state index in [4.69, 9.17) is 16.0 Å². The number of halogens is 2. The number of carbonyl (C=O) groups is 1. The molecule has 0 aliphatic rings. The van der Waals surface area contributed by atoms with Gasteiger partial charge in [0.2, 0.25) is 5.58 Å². The zero-order chi connectivity index (χ0) is 22.4. The van der Waals surface area contributed by atoms with Gasteiger partial charge in [-0.2, -0.15) is 0 Å². The molecule has 2 aromatic carbocycles. The van der Waals surface area contributed by atoms with E-state index in [1.165, 1.54) is 12.4 Å². The topological polar surface area (TPSA) is 114 Å². The van der Waals surface area contributed by atoms with Gasteiger partial charge in [-0.3, -0.25) is 14.6 Å². The van der Waals surface area contributed by atoms with E-state index in [0.717, 1.165) is 4.47 Å². The van der Waals surface area contributed by atoms with Crippen LogP contribution in [0.1, 0.15) is 16.2 Å². The summed E-state index contributed by atoms with van der Waals surface area (Å²) in [5, 5.41) is 3.74. The van der Waals surface area contributed by atoms with Crippen LogP contribution < -0.4 is 10.9 Å². The Morgan fingerprint density at radius 1 is 1.16 bits per heavy atom. The number of hydrogen-bond donors (Lipinski definition) is 2. The Hall–Kier alpha value is -3.56. The molecule has 0 radical (unpaired) electrons. The maximum Gasteiger partial charge on any atom is 0.294 e. The van der Waals surface area contributed by atoms with E-state index < -0.39 is 11.5 Å². The number of anilines is 1. The Labute approximate surface area is 193 Å². The molecule has 158 valence electrons. The van der Waals surface area contributed by atoms with Crippen LogP contribution in [0.25, 0.3) is 33.5 Å². The molecule has 0 aliphatic carbocycles. The number of amides is 1. The van der Waals surface area contributed by atoms with Gasteiger partial charge in [-0.1, -0.05) is 27.5 Å². The zero-order valence-electron chi connectivity index (χ0n) is 16.4. The molecule has 0 saturated heterocycles. The van der Waals surface area contributed by atoms with Gasteiger partial charge in [0, 0.05) is 27.3 Å². The van der Waals surface area contributed by atoms with Crippen LogP contribution in [-0.4, -0.2) is 25.8 Å². The minimum absolute atomic E-state index is 0.140. The van der Waals surface area contributed by atoms with Gasteiger partial charge in [-0.25, -0.2) is 9.97 Å². The molecule has 1 amide bonds. The number of aromatic nitrogens is 4. The number of carbonyl (C=O) groups excluding carboxylic acids is 1. The Morgan fingerprint density at radius 2 is 2.00 bits per heavy atom. The molecule has 0 bridgehead atoms. The predicted molar refractivity (Wildman–Crippen MR) is 125 cm³/mol.